The Morgan fingerprint density at radius 1 is 1.38 bits per heavy atom. The van der Waals surface area contributed by atoms with E-state index in [0.29, 0.717) is 12.5 Å². The van der Waals surface area contributed by atoms with Crippen LogP contribution in [0.1, 0.15) is 25.2 Å². The smallest absolute Gasteiger partial charge is 0.194 e. The van der Waals surface area contributed by atoms with E-state index in [1.54, 1.807) is 7.05 Å². The van der Waals surface area contributed by atoms with E-state index in [0.717, 1.165) is 29.3 Å². The number of hydrogen-bond acceptors (Lipinski definition) is 2. The van der Waals surface area contributed by atoms with Crippen LogP contribution in [-0.4, -0.2) is 34.5 Å². The molecule has 1 heterocycles. The molecule has 1 aromatic carbocycles. The van der Waals surface area contributed by atoms with Gasteiger partial charge in [0.2, 0.25) is 0 Å². The van der Waals surface area contributed by atoms with Gasteiger partial charge < -0.3 is 14.8 Å². The summed E-state index contributed by atoms with van der Waals surface area (Å²) in [5.74, 6) is 2.47. The van der Waals surface area contributed by atoms with Crippen molar-refractivity contribution < 1.29 is 0 Å². The van der Waals surface area contributed by atoms with Gasteiger partial charge in [0, 0.05) is 44.1 Å². The van der Waals surface area contributed by atoms with E-state index in [1.165, 1.54) is 5.56 Å². The summed E-state index contributed by atoms with van der Waals surface area (Å²) >= 11 is 3.60. The van der Waals surface area contributed by atoms with Gasteiger partial charge >= 0.3 is 0 Å². The number of halogens is 1. The zero-order valence-corrected chi connectivity index (χ0v) is 16.4. The van der Waals surface area contributed by atoms with Crippen molar-refractivity contribution in [2.24, 2.45) is 10.9 Å². The van der Waals surface area contributed by atoms with Crippen molar-refractivity contribution in [3.63, 3.8) is 0 Å². The molecule has 0 radical (unpaired) electrons. The lowest BCUT2D eigenvalue weighted by Gasteiger charge is -2.23. The summed E-state index contributed by atoms with van der Waals surface area (Å²) in [7, 11) is 3.84. The largest absolute Gasteiger partial charge is 0.349 e. The van der Waals surface area contributed by atoms with Crippen molar-refractivity contribution in [2.75, 3.05) is 14.1 Å². The highest BCUT2D eigenvalue weighted by atomic mass is 79.9. The van der Waals surface area contributed by atoms with Gasteiger partial charge in [-0.1, -0.05) is 48.0 Å². The van der Waals surface area contributed by atoms with Crippen LogP contribution in [0.25, 0.3) is 0 Å². The lowest BCUT2D eigenvalue weighted by atomic mass is 10.2. The van der Waals surface area contributed by atoms with Crippen molar-refractivity contribution in [1.82, 2.24) is 19.8 Å². The van der Waals surface area contributed by atoms with E-state index < -0.39 is 0 Å². The summed E-state index contributed by atoms with van der Waals surface area (Å²) in [6, 6.07) is 8.24. The molecule has 5 nitrogen and oxygen atoms in total. The molecule has 0 saturated heterocycles. The van der Waals surface area contributed by atoms with Crippen LogP contribution >= 0.6 is 15.9 Å². The van der Waals surface area contributed by atoms with Crippen LogP contribution in [0.5, 0.6) is 0 Å². The lowest BCUT2D eigenvalue weighted by molar-refractivity contribution is 0.467. The van der Waals surface area contributed by atoms with Gasteiger partial charge in [-0.15, -0.1) is 0 Å². The highest BCUT2D eigenvalue weighted by Crippen LogP contribution is 2.17. The standard InChI is InChI=1S/C18H26BrN5/c1-14(2)12-24-10-9-21-17(24)11-22-18(20-3)23(4)13-15-7-5-6-8-16(15)19/h5-10,14H,11-13H2,1-4H3,(H,20,22). The third-order valence-electron chi connectivity index (χ3n) is 3.71. The minimum Gasteiger partial charge on any atom is -0.349 e. The molecule has 1 aromatic heterocycles. The van der Waals surface area contributed by atoms with Crippen molar-refractivity contribution in [1.29, 1.82) is 0 Å². The second kappa shape index (κ2) is 8.87. The summed E-state index contributed by atoms with van der Waals surface area (Å²) in [6.07, 6.45) is 3.89. The Hall–Kier alpha value is -1.82. The second-order valence-corrected chi connectivity index (χ2v) is 7.09. The maximum atomic E-state index is 4.45. The molecule has 2 rings (SSSR count). The molecular formula is C18H26BrN5. The van der Waals surface area contributed by atoms with Gasteiger partial charge in [0.05, 0.1) is 6.54 Å². The molecule has 2 aromatic rings. The normalized spacial score (nSPS) is 11.8. The SMILES string of the molecule is CN=C(NCc1nccn1CC(C)C)N(C)Cc1ccccc1Br. The summed E-state index contributed by atoms with van der Waals surface area (Å²) < 4.78 is 3.30. The number of nitrogens with zero attached hydrogens (tertiary/aromatic N) is 4. The summed E-state index contributed by atoms with van der Waals surface area (Å²) in [5.41, 5.74) is 1.23. The molecule has 0 spiro atoms. The molecule has 0 fully saturated rings. The van der Waals surface area contributed by atoms with Crippen LogP contribution in [0, 0.1) is 5.92 Å². The van der Waals surface area contributed by atoms with Crippen LogP contribution in [0.2, 0.25) is 0 Å². The first kappa shape index (κ1) is 18.5. The number of benzene rings is 1. The molecule has 0 amide bonds. The monoisotopic (exact) mass is 391 g/mol. The molecule has 24 heavy (non-hydrogen) atoms. The predicted octanol–water partition coefficient (Wildman–Crippen LogP) is 3.51. The van der Waals surface area contributed by atoms with Crippen LogP contribution in [0.15, 0.2) is 46.1 Å². The Morgan fingerprint density at radius 2 is 2.12 bits per heavy atom. The second-order valence-electron chi connectivity index (χ2n) is 6.24. The van der Waals surface area contributed by atoms with E-state index in [-0.39, 0.29) is 0 Å². The zero-order valence-electron chi connectivity index (χ0n) is 14.8. The fraction of sp³-hybridized carbons (Fsp3) is 0.444. The highest BCUT2D eigenvalue weighted by molar-refractivity contribution is 9.10. The first-order valence-electron chi connectivity index (χ1n) is 8.16. The Kier molecular flexibility index (Phi) is 6.85. The third kappa shape index (κ3) is 5.09. The Balaban J connectivity index is 1.97. The first-order chi connectivity index (χ1) is 11.5. The van der Waals surface area contributed by atoms with Crippen molar-refractivity contribution in [3.8, 4) is 0 Å². The van der Waals surface area contributed by atoms with E-state index in [2.05, 4.69) is 66.7 Å². The molecule has 6 heteroatoms. The Bertz CT molecular complexity index is 678. The van der Waals surface area contributed by atoms with Gasteiger partial charge in [0.1, 0.15) is 5.82 Å². The number of aromatic nitrogens is 2. The maximum Gasteiger partial charge on any atom is 0.194 e. The number of aliphatic imine (C=N–C) groups is 1. The number of nitrogens with one attached hydrogen (secondary N) is 1. The van der Waals surface area contributed by atoms with Gasteiger partial charge in [-0.05, 0) is 17.5 Å². The van der Waals surface area contributed by atoms with E-state index >= 15 is 0 Å². The number of guanidine groups is 1. The highest BCUT2D eigenvalue weighted by Gasteiger charge is 2.10. The van der Waals surface area contributed by atoms with E-state index in [4.69, 9.17) is 0 Å². The van der Waals surface area contributed by atoms with Gasteiger partial charge in [0.25, 0.3) is 0 Å². The Labute approximate surface area is 152 Å². The molecule has 0 bridgehead atoms. The Morgan fingerprint density at radius 3 is 2.79 bits per heavy atom. The minimum absolute atomic E-state index is 0.593. The van der Waals surface area contributed by atoms with Gasteiger partial charge in [0.15, 0.2) is 5.96 Å². The number of rotatable bonds is 6. The van der Waals surface area contributed by atoms with Crippen molar-refractivity contribution >= 4 is 21.9 Å². The average Bonchev–Trinajstić information content (AvgIpc) is 2.96. The zero-order chi connectivity index (χ0) is 17.5. The molecule has 130 valence electrons. The van der Waals surface area contributed by atoms with E-state index in [1.807, 2.05) is 31.6 Å². The molecule has 0 unspecified atom stereocenters. The topological polar surface area (TPSA) is 45.5 Å². The van der Waals surface area contributed by atoms with Crippen LogP contribution in [-0.2, 0) is 19.6 Å². The molecule has 0 aliphatic rings. The van der Waals surface area contributed by atoms with Crippen molar-refractivity contribution in [3.05, 3.63) is 52.5 Å². The van der Waals surface area contributed by atoms with E-state index in [9.17, 15) is 0 Å². The van der Waals surface area contributed by atoms with Crippen LogP contribution in [0.4, 0.5) is 0 Å². The molecule has 0 aliphatic carbocycles. The summed E-state index contributed by atoms with van der Waals surface area (Å²) in [6.45, 7) is 6.83. The number of imidazole rings is 1. The van der Waals surface area contributed by atoms with Gasteiger partial charge in [-0.2, -0.15) is 0 Å². The molecule has 1 N–H and O–H groups in total. The van der Waals surface area contributed by atoms with Crippen LogP contribution in [0.3, 0.4) is 0 Å². The average molecular weight is 392 g/mol. The van der Waals surface area contributed by atoms with Gasteiger partial charge in [-0.25, -0.2) is 4.98 Å². The first-order valence-corrected chi connectivity index (χ1v) is 8.95. The fourth-order valence-corrected chi connectivity index (χ4v) is 2.98. The molecule has 0 atom stereocenters. The van der Waals surface area contributed by atoms with Gasteiger partial charge in [-0.3, -0.25) is 4.99 Å². The lowest BCUT2D eigenvalue weighted by Crippen LogP contribution is -2.38. The summed E-state index contributed by atoms with van der Waals surface area (Å²) in [4.78, 5) is 10.9. The van der Waals surface area contributed by atoms with Crippen LogP contribution < -0.4 is 5.32 Å². The maximum absolute atomic E-state index is 4.45. The molecular weight excluding hydrogens is 366 g/mol. The molecule has 0 saturated carbocycles. The minimum atomic E-state index is 0.593. The molecule has 0 aliphatic heterocycles. The quantitative estimate of drug-likeness (QED) is 0.605. The summed E-state index contributed by atoms with van der Waals surface area (Å²) in [5, 5.41) is 3.40. The third-order valence-corrected chi connectivity index (χ3v) is 4.48. The fourth-order valence-electron chi connectivity index (χ4n) is 2.57. The number of hydrogen-bond donors (Lipinski definition) is 1. The predicted molar refractivity (Wildman–Crippen MR) is 103 cm³/mol. The van der Waals surface area contributed by atoms with Crippen molar-refractivity contribution in [2.45, 2.75) is 33.5 Å².